The first-order valence-electron chi connectivity index (χ1n) is 6.69. The predicted molar refractivity (Wildman–Crippen MR) is 73.4 cm³/mol. The van der Waals surface area contributed by atoms with Crippen LogP contribution in [0.2, 0.25) is 0 Å². The highest BCUT2D eigenvalue weighted by molar-refractivity contribution is 5.78. The predicted octanol–water partition coefficient (Wildman–Crippen LogP) is 2.09. The topological polar surface area (TPSA) is 47.6 Å². The number of methoxy groups -OCH3 is 2. The zero-order chi connectivity index (χ0) is 13.7. The first-order valence-corrected chi connectivity index (χ1v) is 6.69. The van der Waals surface area contributed by atoms with E-state index in [1.807, 2.05) is 24.3 Å². The largest absolute Gasteiger partial charge is 0.497 e. The SMILES string of the molecule is COC(=O)C(CNC1CCC1)c1ccc(OC)cc1. The Morgan fingerprint density at radius 3 is 2.47 bits per heavy atom. The smallest absolute Gasteiger partial charge is 0.314 e. The summed E-state index contributed by atoms with van der Waals surface area (Å²) in [6, 6.07) is 8.14. The van der Waals surface area contributed by atoms with Gasteiger partial charge in [0.2, 0.25) is 0 Å². The number of hydrogen-bond acceptors (Lipinski definition) is 4. The van der Waals surface area contributed by atoms with Gasteiger partial charge < -0.3 is 14.8 Å². The Bertz CT molecular complexity index is 412. The summed E-state index contributed by atoms with van der Waals surface area (Å²) in [5, 5.41) is 3.43. The van der Waals surface area contributed by atoms with Crippen LogP contribution in [0.1, 0.15) is 30.7 Å². The molecule has 1 aliphatic carbocycles. The fourth-order valence-electron chi connectivity index (χ4n) is 2.21. The van der Waals surface area contributed by atoms with Crippen molar-refractivity contribution >= 4 is 5.97 Å². The number of nitrogens with one attached hydrogen (secondary N) is 1. The average Bonchev–Trinajstić information content (AvgIpc) is 2.41. The van der Waals surface area contributed by atoms with Crippen molar-refractivity contribution in [2.75, 3.05) is 20.8 Å². The van der Waals surface area contributed by atoms with Crippen LogP contribution in [0.3, 0.4) is 0 Å². The molecule has 1 fully saturated rings. The molecule has 1 unspecified atom stereocenters. The van der Waals surface area contributed by atoms with Gasteiger partial charge in [-0.25, -0.2) is 0 Å². The molecule has 0 aliphatic heterocycles. The summed E-state index contributed by atoms with van der Waals surface area (Å²) in [4.78, 5) is 11.9. The highest BCUT2D eigenvalue weighted by Gasteiger charge is 2.24. The van der Waals surface area contributed by atoms with E-state index >= 15 is 0 Å². The first kappa shape index (κ1) is 13.9. The van der Waals surface area contributed by atoms with Gasteiger partial charge in [0, 0.05) is 12.6 Å². The molecule has 1 atom stereocenters. The van der Waals surface area contributed by atoms with E-state index in [-0.39, 0.29) is 11.9 Å². The summed E-state index contributed by atoms with van der Waals surface area (Å²) in [6.45, 7) is 0.629. The lowest BCUT2D eigenvalue weighted by molar-refractivity contribution is -0.142. The van der Waals surface area contributed by atoms with Gasteiger partial charge in [-0.2, -0.15) is 0 Å². The van der Waals surface area contributed by atoms with E-state index in [0.717, 1.165) is 11.3 Å². The molecule has 0 heterocycles. The molecule has 0 saturated heterocycles. The molecule has 1 aromatic rings. The number of esters is 1. The molecular weight excluding hydrogens is 242 g/mol. The second-order valence-corrected chi connectivity index (χ2v) is 4.88. The molecule has 2 rings (SSSR count). The summed E-state index contributed by atoms with van der Waals surface area (Å²) < 4.78 is 10.0. The van der Waals surface area contributed by atoms with Gasteiger partial charge in [-0.05, 0) is 30.5 Å². The summed E-state index contributed by atoms with van der Waals surface area (Å²) in [6.07, 6.45) is 3.69. The van der Waals surface area contributed by atoms with Crippen LogP contribution in [0.5, 0.6) is 5.75 Å². The normalized spacial score (nSPS) is 16.5. The highest BCUT2D eigenvalue weighted by Crippen LogP contribution is 2.23. The molecule has 4 nitrogen and oxygen atoms in total. The minimum absolute atomic E-state index is 0.197. The van der Waals surface area contributed by atoms with Crippen LogP contribution in [0.15, 0.2) is 24.3 Å². The number of carbonyl (C=O) groups excluding carboxylic acids is 1. The fourth-order valence-corrected chi connectivity index (χ4v) is 2.21. The van der Waals surface area contributed by atoms with E-state index in [1.54, 1.807) is 7.11 Å². The monoisotopic (exact) mass is 263 g/mol. The molecule has 1 N–H and O–H groups in total. The third-order valence-corrected chi connectivity index (χ3v) is 3.72. The number of carbonyl (C=O) groups is 1. The van der Waals surface area contributed by atoms with Gasteiger partial charge in [0.15, 0.2) is 0 Å². The quantitative estimate of drug-likeness (QED) is 0.798. The third kappa shape index (κ3) is 3.47. The second kappa shape index (κ2) is 6.57. The summed E-state index contributed by atoms with van der Waals surface area (Å²) in [5.74, 6) is 0.341. The molecule has 0 radical (unpaired) electrons. The van der Waals surface area contributed by atoms with E-state index in [0.29, 0.717) is 12.6 Å². The molecule has 1 aromatic carbocycles. The lowest BCUT2D eigenvalue weighted by Gasteiger charge is -2.28. The molecule has 0 amide bonds. The van der Waals surface area contributed by atoms with Crippen LogP contribution < -0.4 is 10.1 Å². The van der Waals surface area contributed by atoms with Crippen LogP contribution in [-0.4, -0.2) is 32.8 Å². The van der Waals surface area contributed by atoms with Gasteiger partial charge in [-0.15, -0.1) is 0 Å². The van der Waals surface area contributed by atoms with Crippen molar-refractivity contribution in [3.05, 3.63) is 29.8 Å². The highest BCUT2D eigenvalue weighted by atomic mass is 16.5. The van der Waals surface area contributed by atoms with Gasteiger partial charge in [-0.3, -0.25) is 4.79 Å². The molecule has 0 bridgehead atoms. The van der Waals surface area contributed by atoms with Gasteiger partial charge in [-0.1, -0.05) is 18.6 Å². The van der Waals surface area contributed by atoms with Crippen molar-refractivity contribution in [1.82, 2.24) is 5.32 Å². The van der Waals surface area contributed by atoms with Gasteiger partial charge >= 0.3 is 5.97 Å². The molecule has 19 heavy (non-hydrogen) atoms. The van der Waals surface area contributed by atoms with E-state index in [2.05, 4.69) is 5.32 Å². The standard InChI is InChI=1S/C15H21NO3/c1-18-13-8-6-11(7-9-13)14(15(17)19-2)10-16-12-4-3-5-12/h6-9,12,14,16H,3-5,10H2,1-2H3. The maximum Gasteiger partial charge on any atom is 0.314 e. The third-order valence-electron chi connectivity index (χ3n) is 3.72. The van der Waals surface area contributed by atoms with E-state index < -0.39 is 0 Å². The summed E-state index contributed by atoms with van der Waals surface area (Å²) in [7, 11) is 3.06. The molecule has 1 saturated carbocycles. The number of benzene rings is 1. The van der Waals surface area contributed by atoms with Crippen LogP contribution in [0.4, 0.5) is 0 Å². The maximum atomic E-state index is 11.9. The van der Waals surface area contributed by atoms with Crippen LogP contribution >= 0.6 is 0 Å². The Hall–Kier alpha value is -1.55. The molecule has 104 valence electrons. The Morgan fingerprint density at radius 1 is 1.32 bits per heavy atom. The van der Waals surface area contributed by atoms with Crippen molar-refractivity contribution in [2.24, 2.45) is 0 Å². The Kier molecular flexibility index (Phi) is 4.80. The summed E-state index contributed by atoms with van der Waals surface area (Å²) >= 11 is 0. The molecule has 0 spiro atoms. The molecule has 0 aromatic heterocycles. The van der Waals surface area contributed by atoms with Crippen LogP contribution in [-0.2, 0) is 9.53 Å². The first-order chi connectivity index (χ1) is 9.24. The van der Waals surface area contributed by atoms with Crippen molar-refractivity contribution in [2.45, 2.75) is 31.2 Å². The van der Waals surface area contributed by atoms with Gasteiger partial charge in [0.1, 0.15) is 5.75 Å². The Balaban J connectivity index is 2.03. The minimum atomic E-state index is -0.253. The number of rotatable bonds is 6. The molecule has 1 aliphatic rings. The average molecular weight is 263 g/mol. The molecule has 4 heteroatoms. The van der Waals surface area contributed by atoms with E-state index in [1.165, 1.54) is 26.4 Å². The molecular formula is C15H21NO3. The lowest BCUT2D eigenvalue weighted by atomic mass is 9.91. The minimum Gasteiger partial charge on any atom is -0.497 e. The van der Waals surface area contributed by atoms with E-state index in [4.69, 9.17) is 9.47 Å². The van der Waals surface area contributed by atoms with Crippen LogP contribution in [0, 0.1) is 0 Å². The van der Waals surface area contributed by atoms with Gasteiger partial charge in [0.05, 0.1) is 20.1 Å². The van der Waals surface area contributed by atoms with Crippen LogP contribution in [0.25, 0.3) is 0 Å². The maximum absolute atomic E-state index is 11.9. The fraction of sp³-hybridized carbons (Fsp3) is 0.533. The summed E-state index contributed by atoms with van der Waals surface area (Å²) in [5.41, 5.74) is 0.958. The Labute approximate surface area is 114 Å². The number of hydrogen-bond donors (Lipinski definition) is 1. The van der Waals surface area contributed by atoms with Gasteiger partial charge in [0.25, 0.3) is 0 Å². The zero-order valence-electron chi connectivity index (χ0n) is 11.5. The van der Waals surface area contributed by atoms with Crippen molar-refractivity contribution in [1.29, 1.82) is 0 Å². The zero-order valence-corrected chi connectivity index (χ0v) is 11.5. The number of ether oxygens (including phenoxy) is 2. The van der Waals surface area contributed by atoms with Crippen molar-refractivity contribution in [3.63, 3.8) is 0 Å². The van der Waals surface area contributed by atoms with Crippen molar-refractivity contribution in [3.8, 4) is 5.75 Å². The van der Waals surface area contributed by atoms with E-state index in [9.17, 15) is 4.79 Å². The van der Waals surface area contributed by atoms with Crippen molar-refractivity contribution < 1.29 is 14.3 Å². The Morgan fingerprint density at radius 2 is 2.00 bits per heavy atom. The lowest BCUT2D eigenvalue weighted by Crippen LogP contribution is -2.39. The second-order valence-electron chi connectivity index (χ2n) is 4.88.